The molecule has 0 fully saturated rings. The van der Waals surface area contributed by atoms with Gasteiger partial charge in [-0.1, -0.05) is 6.08 Å². The van der Waals surface area contributed by atoms with Gasteiger partial charge in [-0.25, -0.2) is 4.98 Å². The summed E-state index contributed by atoms with van der Waals surface area (Å²) in [5.74, 6) is 1.11. The van der Waals surface area contributed by atoms with Crippen LogP contribution in [0.25, 0.3) is 11.0 Å². The second-order valence-electron chi connectivity index (χ2n) is 4.73. The number of carbonyl (C=O) groups excluding carboxylic acids is 1. The van der Waals surface area contributed by atoms with Crippen LogP contribution in [-0.2, 0) is 0 Å². The molecule has 2 aromatic rings. The Morgan fingerprint density at radius 1 is 1.68 bits per heavy atom. The molecule has 1 atom stereocenters. The number of imidazole rings is 1. The Morgan fingerprint density at radius 3 is 3.16 bits per heavy atom. The molecule has 2 heterocycles. The zero-order valence-corrected chi connectivity index (χ0v) is 10.7. The molecule has 1 aliphatic rings. The molecular formula is C14H15N3O2. The standard InChI is InChI=1S/C14H15N3O2/c1-3-4-10-7-19-12-6-9(8(2)18)5-11-13(12)17(10)14(15)16-11/h3,5-6,10H,1,4,7H2,2H3,(H2,15,16)/t10-/m1/s1. The van der Waals surface area contributed by atoms with E-state index >= 15 is 0 Å². The van der Waals surface area contributed by atoms with Gasteiger partial charge in [-0.3, -0.25) is 4.79 Å². The summed E-state index contributed by atoms with van der Waals surface area (Å²) >= 11 is 0. The van der Waals surface area contributed by atoms with Crippen LogP contribution in [0.2, 0.25) is 0 Å². The van der Waals surface area contributed by atoms with Crippen molar-refractivity contribution in [1.82, 2.24) is 9.55 Å². The number of Topliss-reactive ketones (excluding diaryl/α,β-unsaturated/α-hetero) is 1. The molecule has 0 amide bonds. The highest BCUT2D eigenvalue weighted by Gasteiger charge is 2.26. The Hall–Kier alpha value is -2.30. The molecule has 98 valence electrons. The van der Waals surface area contributed by atoms with Crippen molar-refractivity contribution in [3.8, 4) is 5.75 Å². The van der Waals surface area contributed by atoms with Crippen LogP contribution in [0.3, 0.4) is 0 Å². The lowest BCUT2D eigenvalue weighted by Gasteiger charge is -2.25. The molecule has 0 saturated heterocycles. The van der Waals surface area contributed by atoms with Gasteiger partial charge in [-0.2, -0.15) is 0 Å². The van der Waals surface area contributed by atoms with E-state index in [0.717, 1.165) is 11.9 Å². The second kappa shape index (κ2) is 4.12. The number of allylic oxidation sites excluding steroid dienone is 1. The number of nitrogen functional groups attached to an aromatic ring is 1. The van der Waals surface area contributed by atoms with Crippen LogP contribution in [0.1, 0.15) is 29.7 Å². The molecule has 0 aliphatic carbocycles. The molecule has 5 heteroatoms. The molecule has 1 aromatic heterocycles. The first kappa shape index (κ1) is 11.8. The van der Waals surface area contributed by atoms with Gasteiger partial charge in [-0.15, -0.1) is 6.58 Å². The molecule has 2 N–H and O–H groups in total. The van der Waals surface area contributed by atoms with Crippen LogP contribution in [0.4, 0.5) is 5.95 Å². The van der Waals surface area contributed by atoms with Crippen LogP contribution >= 0.6 is 0 Å². The summed E-state index contributed by atoms with van der Waals surface area (Å²) in [6, 6.07) is 3.62. The maximum atomic E-state index is 11.5. The molecule has 0 unspecified atom stereocenters. The maximum Gasteiger partial charge on any atom is 0.201 e. The van der Waals surface area contributed by atoms with Crippen molar-refractivity contribution in [2.24, 2.45) is 0 Å². The van der Waals surface area contributed by atoms with E-state index in [1.165, 1.54) is 6.92 Å². The predicted molar refractivity (Wildman–Crippen MR) is 73.5 cm³/mol. The number of aromatic nitrogens is 2. The quantitative estimate of drug-likeness (QED) is 0.676. The number of anilines is 1. The van der Waals surface area contributed by atoms with Gasteiger partial charge in [0.25, 0.3) is 0 Å². The first-order chi connectivity index (χ1) is 9.11. The Labute approximate surface area is 110 Å². The average Bonchev–Trinajstić information content (AvgIpc) is 2.71. The summed E-state index contributed by atoms with van der Waals surface area (Å²) in [7, 11) is 0. The first-order valence-corrected chi connectivity index (χ1v) is 6.18. The highest BCUT2D eigenvalue weighted by Crippen LogP contribution is 2.37. The molecule has 0 spiro atoms. The van der Waals surface area contributed by atoms with Gasteiger partial charge in [-0.05, 0) is 25.5 Å². The third-order valence-electron chi connectivity index (χ3n) is 3.42. The lowest BCUT2D eigenvalue weighted by Crippen LogP contribution is -2.23. The van der Waals surface area contributed by atoms with Crippen molar-refractivity contribution in [3.05, 3.63) is 30.4 Å². The van der Waals surface area contributed by atoms with E-state index in [2.05, 4.69) is 11.6 Å². The molecule has 5 nitrogen and oxygen atoms in total. The van der Waals surface area contributed by atoms with Crippen LogP contribution in [0, 0.1) is 0 Å². The minimum atomic E-state index is -0.0110. The number of hydrogen-bond donors (Lipinski definition) is 1. The number of ketones is 1. The summed E-state index contributed by atoms with van der Waals surface area (Å²) in [4.78, 5) is 15.8. The summed E-state index contributed by atoms with van der Waals surface area (Å²) < 4.78 is 7.72. The third kappa shape index (κ3) is 1.69. The monoisotopic (exact) mass is 257 g/mol. The van der Waals surface area contributed by atoms with Crippen molar-refractivity contribution in [3.63, 3.8) is 0 Å². The number of nitrogens with zero attached hydrogens (tertiary/aromatic N) is 2. The third-order valence-corrected chi connectivity index (χ3v) is 3.42. The number of hydrogen-bond acceptors (Lipinski definition) is 4. The Kier molecular flexibility index (Phi) is 2.55. The SMILES string of the molecule is C=CC[C@@H]1COc2cc(C(C)=O)cc3nc(N)n1c23. The molecule has 3 rings (SSSR count). The minimum absolute atomic E-state index is 0.0110. The van der Waals surface area contributed by atoms with E-state index in [-0.39, 0.29) is 11.8 Å². The maximum absolute atomic E-state index is 11.5. The molecular weight excluding hydrogens is 242 g/mol. The number of ether oxygens (including phenoxy) is 1. The van der Waals surface area contributed by atoms with Gasteiger partial charge in [0, 0.05) is 5.56 Å². The minimum Gasteiger partial charge on any atom is -0.489 e. The van der Waals surface area contributed by atoms with Crippen molar-refractivity contribution < 1.29 is 9.53 Å². The number of nitrogens with two attached hydrogens (primary N) is 1. The Balaban J connectivity index is 2.27. The fourth-order valence-corrected chi connectivity index (χ4v) is 2.52. The van der Waals surface area contributed by atoms with Crippen LogP contribution in [0.15, 0.2) is 24.8 Å². The summed E-state index contributed by atoms with van der Waals surface area (Å²) in [5.41, 5.74) is 8.15. The average molecular weight is 257 g/mol. The van der Waals surface area contributed by atoms with Gasteiger partial charge < -0.3 is 15.0 Å². The predicted octanol–water partition coefficient (Wildman–Crippen LogP) is 2.33. The Morgan fingerprint density at radius 2 is 2.47 bits per heavy atom. The lowest BCUT2D eigenvalue weighted by molar-refractivity contribution is 0.101. The van der Waals surface area contributed by atoms with Crippen LogP contribution in [0.5, 0.6) is 5.75 Å². The lowest BCUT2D eigenvalue weighted by atomic mass is 10.1. The van der Waals surface area contributed by atoms with E-state index in [4.69, 9.17) is 10.5 Å². The normalized spacial score (nSPS) is 17.2. The molecule has 0 bridgehead atoms. The number of rotatable bonds is 3. The van der Waals surface area contributed by atoms with Crippen molar-refractivity contribution in [1.29, 1.82) is 0 Å². The largest absolute Gasteiger partial charge is 0.489 e. The van der Waals surface area contributed by atoms with E-state index in [1.54, 1.807) is 12.1 Å². The van der Waals surface area contributed by atoms with Gasteiger partial charge in [0.1, 0.15) is 17.9 Å². The van der Waals surface area contributed by atoms with Gasteiger partial charge in [0.05, 0.1) is 11.6 Å². The van der Waals surface area contributed by atoms with E-state index in [9.17, 15) is 4.79 Å². The van der Waals surface area contributed by atoms with Gasteiger partial charge in [0.15, 0.2) is 5.78 Å². The number of carbonyl (C=O) groups is 1. The van der Waals surface area contributed by atoms with Crippen molar-refractivity contribution in [2.45, 2.75) is 19.4 Å². The van der Waals surface area contributed by atoms with Crippen LogP contribution < -0.4 is 10.5 Å². The highest BCUT2D eigenvalue weighted by atomic mass is 16.5. The van der Waals surface area contributed by atoms with E-state index in [1.807, 2.05) is 10.6 Å². The second-order valence-corrected chi connectivity index (χ2v) is 4.73. The molecule has 0 radical (unpaired) electrons. The Bertz CT molecular complexity index is 688. The number of benzene rings is 1. The zero-order valence-electron chi connectivity index (χ0n) is 10.7. The summed E-state index contributed by atoms with van der Waals surface area (Å²) in [5, 5.41) is 0. The fraction of sp³-hybridized carbons (Fsp3) is 0.286. The molecule has 1 aromatic carbocycles. The molecule has 0 saturated carbocycles. The summed E-state index contributed by atoms with van der Waals surface area (Å²) in [6.45, 7) is 5.79. The molecule has 1 aliphatic heterocycles. The highest BCUT2D eigenvalue weighted by molar-refractivity contribution is 5.99. The summed E-state index contributed by atoms with van der Waals surface area (Å²) in [6.07, 6.45) is 2.61. The van der Waals surface area contributed by atoms with Crippen LogP contribution in [-0.4, -0.2) is 21.9 Å². The molecule has 19 heavy (non-hydrogen) atoms. The van der Waals surface area contributed by atoms with Crippen molar-refractivity contribution >= 4 is 22.8 Å². The van der Waals surface area contributed by atoms with Gasteiger partial charge in [0.2, 0.25) is 5.95 Å². The topological polar surface area (TPSA) is 70.1 Å². The van der Waals surface area contributed by atoms with Gasteiger partial charge >= 0.3 is 0 Å². The smallest absolute Gasteiger partial charge is 0.201 e. The first-order valence-electron chi connectivity index (χ1n) is 6.18. The fourth-order valence-electron chi connectivity index (χ4n) is 2.52. The van der Waals surface area contributed by atoms with E-state index in [0.29, 0.717) is 29.4 Å². The van der Waals surface area contributed by atoms with E-state index < -0.39 is 0 Å². The van der Waals surface area contributed by atoms with Crippen molar-refractivity contribution in [2.75, 3.05) is 12.3 Å². The zero-order chi connectivity index (χ0) is 13.6.